The second kappa shape index (κ2) is 6.18. The third-order valence-electron chi connectivity index (χ3n) is 2.34. The van der Waals surface area contributed by atoms with E-state index in [1.165, 1.54) is 31.2 Å². The van der Waals surface area contributed by atoms with Crippen LogP contribution in [0.15, 0.2) is 29.2 Å². The lowest BCUT2D eigenvalue weighted by molar-refractivity contribution is -0.000452. The molecule has 8 heteroatoms. The van der Waals surface area contributed by atoms with Crippen molar-refractivity contribution in [3.8, 4) is 0 Å². The Kier molecular flexibility index (Phi) is 5.10. The van der Waals surface area contributed by atoms with Crippen LogP contribution in [0.2, 0.25) is 0 Å². The molecule has 0 aromatic heterocycles. The van der Waals surface area contributed by atoms with Crippen LogP contribution in [0.3, 0.4) is 0 Å². The van der Waals surface area contributed by atoms with Gasteiger partial charge < -0.3 is 5.11 Å². The summed E-state index contributed by atoms with van der Waals surface area (Å²) in [6.45, 7) is 0.551. The molecule has 0 saturated heterocycles. The molecule has 0 radical (unpaired) electrons. The zero-order valence-corrected chi connectivity index (χ0v) is 10.8. The first-order valence-electron chi connectivity index (χ1n) is 5.31. The normalized spacial score (nSPS) is 13.5. The summed E-state index contributed by atoms with van der Waals surface area (Å²) < 4.78 is 49.3. The van der Waals surface area contributed by atoms with Crippen molar-refractivity contribution in [1.82, 2.24) is 4.72 Å². The van der Waals surface area contributed by atoms with Gasteiger partial charge in [-0.1, -0.05) is 12.1 Å². The fourth-order valence-corrected chi connectivity index (χ4v) is 2.29. The van der Waals surface area contributed by atoms with E-state index in [4.69, 9.17) is 5.11 Å². The number of aliphatic hydroxyl groups is 1. The molecule has 1 aromatic carbocycles. The van der Waals surface area contributed by atoms with Gasteiger partial charge in [-0.2, -0.15) is 0 Å². The van der Waals surface area contributed by atoms with Crippen LogP contribution in [0, 0.1) is 0 Å². The minimum absolute atomic E-state index is 0.168. The number of hydrogen-bond acceptors (Lipinski definition) is 4. The van der Waals surface area contributed by atoms with Gasteiger partial charge >= 0.3 is 0 Å². The average Bonchev–Trinajstić information content (AvgIpc) is 2.36. The third kappa shape index (κ3) is 4.34. The molecule has 0 aliphatic carbocycles. The zero-order valence-electron chi connectivity index (χ0n) is 10.0. The van der Waals surface area contributed by atoms with Crippen molar-refractivity contribution in [2.45, 2.75) is 24.3 Å². The molecule has 1 unspecified atom stereocenters. The lowest BCUT2D eigenvalue weighted by Crippen LogP contribution is -2.35. The molecule has 0 heterocycles. The molecule has 0 spiro atoms. The first-order valence-corrected chi connectivity index (χ1v) is 6.79. The maximum atomic E-state index is 12.0. The smallest absolute Gasteiger partial charge is 0.265 e. The molecule has 1 atom stereocenters. The van der Waals surface area contributed by atoms with Crippen molar-refractivity contribution in [2.24, 2.45) is 0 Å². The molecular formula is C11H13F2NO4S. The number of rotatable bonds is 6. The molecule has 2 N–H and O–H groups in total. The van der Waals surface area contributed by atoms with Gasteiger partial charge in [0.2, 0.25) is 10.0 Å². The van der Waals surface area contributed by atoms with Gasteiger partial charge in [-0.3, -0.25) is 4.79 Å². The Bertz CT molecular complexity index is 542. The van der Waals surface area contributed by atoms with Gasteiger partial charge in [0, 0.05) is 12.1 Å². The molecule has 0 saturated carbocycles. The van der Waals surface area contributed by atoms with Crippen molar-refractivity contribution in [2.75, 3.05) is 6.54 Å². The summed E-state index contributed by atoms with van der Waals surface area (Å²) in [7, 11) is -3.99. The average molecular weight is 293 g/mol. The number of carbonyl (C=O) groups excluding carboxylic acids is 1. The first kappa shape index (κ1) is 15.7. The molecule has 0 amide bonds. The van der Waals surface area contributed by atoms with Gasteiger partial charge in [0.1, 0.15) is 6.10 Å². The first-order chi connectivity index (χ1) is 8.74. The zero-order chi connectivity index (χ0) is 14.6. The molecule has 1 rings (SSSR count). The van der Waals surface area contributed by atoms with Crippen molar-refractivity contribution >= 4 is 15.8 Å². The Morgan fingerprint density at radius 3 is 2.26 bits per heavy atom. The number of ketones is 1. The highest BCUT2D eigenvalue weighted by Gasteiger charge is 2.21. The molecule has 1 aromatic rings. The molecule has 0 aliphatic rings. The van der Waals surface area contributed by atoms with Crippen LogP contribution in [0.4, 0.5) is 8.78 Å². The quantitative estimate of drug-likeness (QED) is 0.760. The number of Topliss-reactive ketones (excluding diaryl/α,β-unsaturated/α-hetero) is 1. The molecule has 0 aliphatic heterocycles. The maximum Gasteiger partial charge on any atom is 0.265 e. The number of benzene rings is 1. The largest absolute Gasteiger partial charge is 0.386 e. The van der Waals surface area contributed by atoms with E-state index in [0.29, 0.717) is 5.56 Å². The van der Waals surface area contributed by atoms with Crippen LogP contribution in [-0.2, 0) is 10.0 Å². The highest BCUT2D eigenvalue weighted by molar-refractivity contribution is 7.89. The number of hydrogen-bond donors (Lipinski definition) is 2. The van der Waals surface area contributed by atoms with Gasteiger partial charge in [0.15, 0.2) is 5.78 Å². The van der Waals surface area contributed by atoms with Crippen LogP contribution >= 0.6 is 0 Å². The van der Waals surface area contributed by atoms with Gasteiger partial charge in [-0.05, 0) is 19.1 Å². The Balaban J connectivity index is 2.80. The van der Waals surface area contributed by atoms with Crippen LogP contribution in [-0.4, -0.2) is 38.4 Å². The minimum atomic E-state index is -3.99. The highest BCUT2D eigenvalue weighted by atomic mass is 32.2. The summed E-state index contributed by atoms with van der Waals surface area (Å²) in [6, 6.07) is 5.02. The highest BCUT2D eigenvalue weighted by Crippen LogP contribution is 2.11. The number of sulfonamides is 1. The molecule has 106 valence electrons. The van der Waals surface area contributed by atoms with E-state index in [1.807, 2.05) is 4.72 Å². The number of carbonyl (C=O) groups is 1. The Labute approximate surface area is 109 Å². The lowest BCUT2D eigenvalue weighted by Gasteiger charge is -2.11. The Morgan fingerprint density at radius 2 is 1.84 bits per heavy atom. The molecular weight excluding hydrogens is 280 g/mol. The van der Waals surface area contributed by atoms with E-state index in [9.17, 15) is 22.0 Å². The molecule has 0 fully saturated rings. The minimum Gasteiger partial charge on any atom is -0.386 e. The van der Waals surface area contributed by atoms with Gasteiger partial charge in [0.25, 0.3) is 6.43 Å². The van der Waals surface area contributed by atoms with E-state index >= 15 is 0 Å². The van der Waals surface area contributed by atoms with E-state index in [2.05, 4.69) is 0 Å². The van der Waals surface area contributed by atoms with Crippen LogP contribution in [0.5, 0.6) is 0 Å². The summed E-state index contributed by atoms with van der Waals surface area (Å²) >= 11 is 0. The van der Waals surface area contributed by atoms with E-state index < -0.39 is 29.1 Å². The molecule has 19 heavy (non-hydrogen) atoms. The van der Waals surface area contributed by atoms with Crippen LogP contribution in [0.25, 0.3) is 0 Å². The van der Waals surface area contributed by atoms with Crippen molar-refractivity contribution < 1.29 is 27.1 Å². The number of nitrogens with one attached hydrogen (secondary N) is 1. The number of aliphatic hydroxyl groups excluding tert-OH is 1. The van der Waals surface area contributed by atoms with Crippen molar-refractivity contribution in [1.29, 1.82) is 0 Å². The predicted molar refractivity (Wildman–Crippen MR) is 63.6 cm³/mol. The van der Waals surface area contributed by atoms with Crippen LogP contribution < -0.4 is 4.72 Å². The Morgan fingerprint density at radius 1 is 1.32 bits per heavy atom. The third-order valence-corrected chi connectivity index (χ3v) is 3.78. The Hall–Kier alpha value is -1.38. The van der Waals surface area contributed by atoms with Crippen molar-refractivity contribution in [3.63, 3.8) is 0 Å². The van der Waals surface area contributed by atoms with Gasteiger partial charge in [-0.25, -0.2) is 21.9 Å². The summed E-state index contributed by atoms with van der Waals surface area (Å²) in [5.41, 5.74) is 0.339. The fourth-order valence-electron chi connectivity index (χ4n) is 1.24. The number of halogens is 2. The summed E-state index contributed by atoms with van der Waals surface area (Å²) in [5.74, 6) is -0.218. The standard InChI is InChI=1S/C11H13F2NO4S/c1-7(15)8-2-4-9(5-3-8)19(17,18)14-6-10(16)11(12)13/h2-5,10-11,14,16H,6H2,1H3. The fraction of sp³-hybridized carbons (Fsp3) is 0.364. The van der Waals surface area contributed by atoms with Gasteiger partial charge in [-0.15, -0.1) is 0 Å². The van der Waals surface area contributed by atoms with E-state index in [-0.39, 0.29) is 10.7 Å². The van der Waals surface area contributed by atoms with E-state index in [1.54, 1.807) is 0 Å². The number of alkyl halides is 2. The van der Waals surface area contributed by atoms with Crippen molar-refractivity contribution in [3.05, 3.63) is 29.8 Å². The second-order valence-corrected chi connectivity index (χ2v) is 5.60. The van der Waals surface area contributed by atoms with E-state index in [0.717, 1.165) is 0 Å². The second-order valence-electron chi connectivity index (χ2n) is 3.83. The maximum absolute atomic E-state index is 12.0. The molecule has 5 nitrogen and oxygen atoms in total. The summed E-state index contributed by atoms with van der Waals surface area (Å²) in [4.78, 5) is 10.8. The monoisotopic (exact) mass is 293 g/mol. The summed E-state index contributed by atoms with van der Waals surface area (Å²) in [5, 5.41) is 8.83. The topological polar surface area (TPSA) is 83.5 Å². The SMILES string of the molecule is CC(=O)c1ccc(S(=O)(=O)NCC(O)C(F)F)cc1. The molecule has 0 bridgehead atoms. The summed E-state index contributed by atoms with van der Waals surface area (Å²) in [6.07, 6.45) is -5.09. The predicted octanol–water partition coefficient (Wildman–Crippen LogP) is 0.794. The lowest BCUT2D eigenvalue weighted by atomic mass is 10.2. The van der Waals surface area contributed by atoms with Gasteiger partial charge in [0.05, 0.1) is 4.90 Å². The van der Waals surface area contributed by atoms with Crippen LogP contribution in [0.1, 0.15) is 17.3 Å².